The fourth-order valence-electron chi connectivity index (χ4n) is 2.29. The summed E-state index contributed by atoms with van der Waals surface area (Å²) < 4.78 is 0. The van der Waals surface area contributed by atoms with E-state index in [9.17, 15) is 4.79 Å². The molecule has 0 saturated carbocycles. The lowest BCUT2D eigenvalue weighted by Crippen LogP contribution is -2.13. The van der Waals surface area contributed by atoms with E-state index in [1.807, 2.05) is 45.3 Å². The van der Waals surface area contributed by atoms with Gasteiger partial charge in [0.2, 0.25) is 5.91 Å². The molecule has 0 spiro atoms. The summed E-state index contributed by atoms with van der Waals surface area (Å²) in [4.78, 5) is 13.5. The molecule has 0 aliphatic carbocycles. The Labute approximate surface area is 113 Å². The summed E-state index contributed by atoms with van der Waals surface area (Å²) >= 11 is 0. The normalized spacial score (nSPS) is 10.3. The lowest BCUT2D eigenvalue weighted by Gasteiger charge is -2.19. The highest BCUT2D eigenvalue weighted by atomic mass is 16.1. The predicted molar refractivity (Wildman–Crippen MR) is 79.5 cm³/mol. The second-order valence-corrected chi connectivity index (χ2v) is 4.75. The predicted octanol–water partition coefficient (Wildman–Crippen LogP) is 2.83. The van der Waals surface area contributed by atoms with Crippen molar-refractivity contribution in [1.82, 2.24) is 0 Å². The quantitative estimate of drug-likeness (QED) is 0.915. The maximum Gasteiger partial charge on any atom is 0.248 e. The number of anilines is 1. The molecule has 0 saturated heterocycles. The third-order valence-corrected chi connectivity index (χ3v) is 3.28. The van der Waals surface area contributed by atoms with Crippen LogP contribution in [0.1, 0.15) is 15.9 Å². The van der Waals surface area contributed by atoms with Gasteiger partial charge in [-0.05, 0) is 30.2 Å². The zero-order valence-corrected chi connectivity index (χ0v) is 11.5. The Bertz CT molecular complexity index is 618. The van der Waals surface area contributed by atoms with Gasteiger partial charge in [0.25, 0.3) is 0 Å². The standard InChI is InChI=1S/C16H18N2O/c1-11-12(8-6-9-13(11)16(17)19)14-7-4-5-10-15(14)18(2)3/h4-10H,1-3H3,(H2,17,19). The number of rotatable bonds is 3. The van der Waals surface area contributed by atoms with Crippen LogP contribution in [0.2, 0.25) is 0 Å². The highest BCUT2D eigenvalue weighted by Crippen LogP contribution is 2.32. The van der Waals surface area contributed by atoms with E-state index in [0.717, 1.165) is 22.4 Å². The average Bonchev–Trinajstić information content (AvgIpc) is 2.38. The van der Waals surface area contributed by atoms with E-state index in [-0.39, 0.29) is 5.91 Å². The van der Waals surface area contributed by atoms with Gasteiger partial charge >= 0.3 is 0 Å². The summed E-state index contributed by atoms with van der Waals surface area (Å²) in [6.45, 7) is 1.93. The molecular formula is C16H18N2O. The van der Waals surface area contributed by atoms with E-state index >= 15 is 0 Å². The molecule has 0 atom stereocenters. The number of hydrogen-bond donors (Lipinski definition) is 1. The number of carbonyl (C=O) groups is 1. The molecule has 2 aromatic rings. The molecule has 0 heterocycles. The zero-order valence-electron chi connectivity index (χ0n) is 11.5. The smallest absolute Gasteiger partial charge is 0.248 e. The van der Waals surface area contributed by atoms with Gasteiger partial charge < -0.3 is 10.6 Å². The van der Waals surface area contributed by atoms with Crippen LogP contribution in [0, 0.1) is 6.92 Å². The Kier molecular flexibility index (Phi) is 3.56. The first-order chi connectivity index (χ1) is 9.02. The van der Waals surface area contributed by atoms with Gasteiger partial charge in [-0.25, -0.2) is 0 Å². The SMILES string of the molecule is Cc1c(C(N)=O)cccc1-c1ccccc1N(C)C. The molecule has 98 valence electrons. The highest BCUT2D eigenvalue weighted by molar-refractivity contribution is 5.97. The van der Waals surface area contributed by atoms with Crippen molar-refractivity contribution in [2.45, 2.75) is 6.92 Å². The minimum absolute atomic E-state index is 0.387. The van der Waals surface area contributed by atoms with Crippen LogP contribution in [0.15, 0.2) is 42.5 Å². The highest BCUT2D eigenvalue weighted by Gasteiger charge is 2.13. The molecule has 2 aromatic carbocycles. The molecule has 3 nitrogen and oxygen atoms in total. The molecule has 1 amide bonds. The van der Waals surface area contributed by atoms with Gasteiger partial charge in [0.1, 0.15) is 0 Å². The Morgan fingerprint density at radius 3 is 2.26 bits per heavy atom. The molecule has 0 bridgehead atoms. The number of primary amides is 1. The van der Waals surface area contributed by atoms with Crippen molar-refractivity contribution < 1.29 is 4.79 Å². The van der Waals surface area contributed by atoms with Crippen LogP contribution in [0.25, 0.3) is 11.1 Å². The first-order valence-electron chi connectivity index (χ1n) is 6.18. The molecule has 3 heteroatoms. The van der Waals surface area contributed by atoms with Crippen LogP contribution in [-0.4, -0.2) is 20.0 Å². The van der Waals surface area contributed by atoms with E-state index in [1.165, 1.54) is 0 Å². The number of benzene rings is 2. The number of nitrogens with two attached hydrogens (primary N) is 1. The first-order valence-corrected chi connectivity index (χ1v) is 6.18. The number of para-hydroxylation sites is 1. The lowest BCUT2D eigenvalue weighted by atomic mass is 9.95. The molecule has 2 N–H and O–H groups in total. The Hall–Kier alpha value is -2.29. The maximum absolute atomic E-state index is 11.4. The fraction of sp³-hybridized carbons (Fsp3) is 0.188. The Morgan fingerprint density at radius 1 is 1.00 bits per heavy atom. The van der Waals surface area contributed by atoms with Crippen molar-refractivity contribution in [1.29, 1.82) is 0 Å². The van der Waals surface area contributed by atoms with Crippen molar-refractivity contribution in [3.05, 3.63) is 53.6 Å². The third-order valence-electron chi connectivity index (χ3n) is 3.28. The van der Waals surface area contributed by atoms with Gasteiger partial charge in [0.05, 0.1) is 0 Å². The van der Waals surface area contributed by atoms with Crippen molar-refractivity contribution in [3.63, 3.8) is 0 Å². The molecule has 0 radical (unpaired) electrons. The molecule has 0 aromatic heterocycles. The molecule has 0 unspecified atom stereocenters. The average molecular weight is 254 g/mol. The molecule has 2 rings (SSSR count). The zero-order chi connectivity index (χ0) is 14.0. The van der Waals surface area contributed by atoms with Crippen LogP contribution >= 0.6 is 0 Å². The summed E-state index contributed by atoms with van der Waals surface area (Å²) in [6.07, 6.45) is 0. The van der Waals surface area contributed by atoms with Crippen LogP contribution in [0.5, 0.6) is 0 Å². The Morgan fingerprint density at radius 2 is 1.63 bits per heavy atom. The molecule has 19 heavy (non-hydrogen) atoms. The van der Waals surface area contributed by atoms with Crippen LogP contribution in [0.4, 0.5) is 5.69 Å². The number of carbonyl (C=O) groups excluding carboxylic acids is 1. The van der Waals surface area contributed by atoms with E-state index in [1.54, 1.807) is 6.07 Å². The molecule has 0 fully saturated rings. The number of nitrogens with zero attached hydrogens (tertiary/aromatic N) is 1. The lowest BCUT2D eigenvalue weighted by molar-refractivity contribution is 0.1000. The first kappa shape index (κ1) is 13.1. The van der Waals surface area contributed by atoms with E-state index in [4.69, 9.17) is 5.73 Å². The minimum atomic E-state index is -0.387. The van der Waals surface area contributed by atoms with Gasteiger partial charge in [0, 0.05) is 30.9 Å². The summed E-state index contributed by atoms with van der Waals surface area (Å²) in [5.41, 5.74) is 10.2. The third kappa shape index (κ3) is 2.45. The largest absolute Gasteiger partial charge is 0.377 e. The minimum Gasteiger partial charge on any atom is -0.377 e. The summed E-state index contributed by atoms with van der Waals surface area (Å²) in [7, 11) is 4.01. The van der Waals surface area contributed by atoms with Gasteiger partial charge in [-0.1, -0.05) is 30.3 Å². The van der Waals surface area contributed by atoms with Gasteiger partial charge in [-0.15, -0.1) is 0 Å². The molecule has 0 aliphatic rings. The van der Waals surface area contributed by atoms with E-state index < -0.39 is 0 Å². The summed E-state index contributed by atoms with van der Waals surface area (Å²) in [6, 6.07) is 13.8. The van der Waals surface area contributed by atoms with Gasteiger partial charge in [-0.2, -0.15) is 0 Å². The van der Waals surface area contributed by atoms with E-state index in [0.29, 0.717) is 5.56 Å². The maximum atomic E-state index is 11.4. The van der Waals surface area contributed by atoms with Crippen LogP contribution in [-0.2, 0) is 0 Å². The molecule has 0 aliphatic heterocycles. The summed E-state index contributed by atoms with van der Waals surface area (Å²) in [5.74, 6) is -0.387. The van der Waals surface area contributed by atoms with Crippen molar-refractivity contribution in [2.75, 3.05) is 19.0 Å². The van der Waals surface area contributed by atoms with Gasteiger partial charge in [0.15, 0.2) is 0 Å². The monoisotopic (exact) mass is 254 g/mol. The van der Waals surface area contributed by atoms with Crippen LogP contribution < -0.4 is 10.6 Å². The summed E-state index contributed by atoms with van der Waals surface area (Å²) in [5, 5.41) is 0. The molecular weight excluding hydrogens is 236 g/mol. The van der Waals surface area contributed by atoms with Crippen molar-refractivity contribution in [2.24, 2.45) is 5.73 Å². The van der Waals surface area contributed by atoms with Crippen molar-refractivity contribution in [3.8, 4) is 11.1 Å². The topological polar surface area (TPSA) is 46.3 Å². The number of hydrogen-bond acceptors (Lipinski definition) is 2. The number of amides is 1. The fourth-order valence-corrected chi connectivity index (χ4v) is 2.29. The van der Waals surface area contributed by atoms with Crippen molar-refractivity contribution >= 4 is 11.6 Å². The van der Waals surface area contributed by atoms with Crippen LogP contribution in [0.3, 0.4) is 0 Å². The second kappa shape index (κ2) is 5.14. The Balaban J connectivity index is 2.66. The van der Waals surface area contributed by atoms with Gasteiger partial charge in [-0.3, -0.25) is 4.79 Å². The van der Waals surface area contributed by atoms with E-state index in [2.05, 4.69) is 17.0 Å². The second-order valence-electron chi connectivity index (χ2n) is 4.75.